The largest absolute Gasteiger partial charge is 0.747 e. The summed E-state index contributed by atoms with van der Waals surface area (Å²) in [5, 5.41) is 0. The molecule has 0 aliphatic heterocycles. The van der Waals surface area contributed by atoms with Crippen molar-refractivity contribution >= 4 is 20.2 Å². The van der Waals surface area contributed by atoms with E-state index in [4.69, 9.17) is 0 Å². The van der Waals surface area contributed by atoms with Crippen LogP contribution < -0.4 is 0 Å². The van der Waals surface area contributed by atoms with Crippen molar-refractivity contribution < 1.29 is 48.1 Å². The van der Waals surface area contributed by atoms with Crippen molar-refractivity contribution in [2.45, 2.75) is 130 Å². The average Bonchev–Trinajstić information content (AvgIpc) is 2.88. The first kappa shape index (κ1) is 45.0. The second-order valence-corrected chi connectivity index (χ2v) is 14.2. The van der Waals surface area contributed by atoms with Gasteiger partial charge in [0.25, 0.3) is 0 Å². The van der Waals surface area contributed by atoms with E-state index < -0.39 is 43.8 Å². The van der Waals surface area contributed by atoms with Gasteiger partial charge in [0.1, 0.15) is 24.8 Å². The lowest BCUT2D eigenvalue weighted by molar-refractivity contribution is -0.929. The van der Waals surface area contributed by atoms with Crippen LogP contribution in [-0.2, 0) is 20.2 Å². The minimum absolute atomic E-state index is 1.28. The first-order valence-corrected chi connectivity index (χ1v) is 18.4. The number of unbranched alkanes of at least 4 members (excludes halogenated alkanes) is 4. The zero-order valence-corrected chi connectivity index (χ0v) is 28.7. The van der Waals surface area contributed by atoms with Crippen molar-refractivity contribution in [3.8, 4) is 0 Å². The molecule has 252 valence electrons. The van der Waals surface area contributed by atoms with Crippen LogP contribution in [0.25, 0.3) is 0 Å². The van der Waals surface area contributed by atoms with Crippen molar-refractivity contribution in [2.24, 2.45) is 0 Å². The van der Waals surface area contributed by atoms with Crippen LogP contribution in [0.2, 0.25) is 0 Å². The van der Waals surface area contributed by atoms with Gasteiger partial charge >= 0.3 is 6.18 Å². The summed E-state index contributed by atoms with van der Waals surface area (Å²) in [6.45, 7) is 29.2. The summed E-state index contributed by atoms with van der Waals surface area (Å²) >= 11 is 0. The Hall–Kier alpha value is -0.470. The van der Waals surface area contributed by atoms with Crippen molar-refractivity contribution in [1.29, 1.82) is 0 Å². The fourth-order valence-corrected chi connectivity index (χ4v) is 6.67. The Morgan fingerprint density at radius 2 is 0.829 bits per heavy atom. The van der Waals surface area contributed by atoms with Gasteiger partial charge in [-0.1, -0.05) is 53.4 Å². The molecule has 41 heavy (non-hydrogen) atoms. The van der Waals surface area contributed by atoms with Crippen LogP contribution in [0.1, 0.15) is 120 Å². The molecule has 0 saturated heterocycles. The fraction of sp³-hybridized carbons (Fsp3) is 1.00. The minimum Gasteiger partial charge on any atom is -0.747 e. The molecule has 0 aromatic rings. The van der Waals surface area contributed by atoms with Crippen LogP contribution in [-0.4, -0.2) is 98.0 Å². The molecule has 0 saturated carbocycles. The van der Waals surface area contributed by atoms with Crippen molar-refractivity contribution in [3.05, 3.63) is 0 Å². The van der Waals surface area contributed by atoms with E-state index in [9.17, 15) is 39.1 Å². The molecule has 0 radical (unpaired) electrons. The maximum atomic E-state index is 11.6. The summed E-state index contributed by atoms with van der Waals surface area (Å²) in [6, 6.07) is 0. The molecular formula is C28H61F3N2O6S2. The van der Waals surface area contributed by atoms with Gasteiger partial charge in [0.15, 0.2) is 0 Å². The molecule has 0 aromatic carbocycles. The van der Waals surface area contributed by atoms with Gasteiger partial charge in [-0.15, -0.1) is 0 Å². The Morgan fingerprint density at radius 3 is 0.976 bits per heavy atom. The van der Waals surface area contributed by atoms with Gasteiger partial charge in [-0.3, -0.25) is 0 Å². The van der Waals surface area contributed by atoms with Crippen LogP contribution in [0, 0.1) is 0 Å². The third-order valence-electron chi connectivity index (χ3n) is 7.93. The molecule has 0 unspecified atom stereocenters. The highest BCUT2D eigenvalue weighted by atomic mass is 32.3. The number of rotatable bonds is 20. The SMILES string of the molecule is CCCC[N+](CCCC)(CCCC)CCCC.CC[N+](CC)(CC)CC.O=S(=O)([O-])C(CCC(F)(F)F)S(=O)(=O)[O-]. The summed E-state index contributed by atoms with van der Waals surface area (Å²) in [5.41, 5.74) is 0. The average molecular weight is 643 g/mol. The summed E-state index contributed by atoms with van der Waals surface area (Å²) in [4.78, 5) is 0. The Balaban J connectivity index is -0.000000553. The Bertz CT molecular complexity index is 747. The number of hydrogen-bond donors (Lipinski definition) is 0. The Morgan fingerprint density at radius 1 is 0.561 bits per heavy atom. The molecule has 0 amide bonds. The number of hydrogen-bond acceptors (Lipinski definition) is 6. The van der Waals surface area contributed by atoms with Crippen LogP contribution in [0.4, 0.5) is 13.2 Å². The number of halogens is 3. The molecular weight excluding hydrogens is 581 g/mol. The van der Waals surface area contributed by atoms with E-state index in [0.29, 0.717) is 0 Å². The molecule has 0 N–H and O–H groups in total. The number of nitrogens with zero attached hydrogens (tertiary/aromatic N) is 2. The molecule has 0 aromatic heterocycles. The summed E-state index contributed by atoms with van der Waals surface area (Å²) in [6.07, 6.45) is 2.81. The first-order valence-electron chi connectivity index (χ1n) is 15.5. The van der Waals surface area contributed by atoms with E-state index in [1.54, 1.807) is 0 Å². The van der Waals surface area contributed by atoms with Gasteiger partial charge in [-0.05, 0) is 59.8 Å². The molecule has 0 spiro atoms. The summed E-state index contributed by atoms with van der Waals surface area (Å²) in [5.74, 6) is 0. The minimum atomic E-state index is -5.60. The van der Waals surface area contributed by atoms with E-state index in [2.05, 4.69) is 55.4 Å². The normalized spacial score (nSPS) is 12.9. The summed E-state index contributed by atoms with van der Waals surface area (Å²) < 4.78 is 95.6. The van der Waals surface area contributed by atoms with Gasteiger partial charge < -0.3 is 18.1 Å². The van der Waals surface area contributed by atoms with Gasteiger partial charge in [-0.25, -0.2) is 16.8 Å². The maximum absolute atomic E-state index is 11.6. The highest BCUT2D eigenvalue weighted by molar-refractivity contribution is 8.03. The molecule has 0 rings (SSSR count). The van der Waals surface area contributed by atoms with E-state index >= 15 is 0 Å². The molecule has 8 nitrogen and oxygen atoms in total. The third-order valence-corrected chi connectivity index (χ3v) is 11.1. The molecule has 0 heterocycles. The second kappa shape index (κ2) is 23.0. The standard InChI is InChI=1S/C16H36N.C8H20N.C4H7F3O6S2/c1-5-9-13-17(14-10-6-2,15-11-7-3)16-12-8-4;1-5-9(6-2,7-3)8-4;5-4(6,7)2-1-3(14(8,9)10)15(11,12)13/h5-16H2,1-4H3;5-8H2,1-4H3;3H,1-2H2,(H,8,9,10)(H,11,12,13)/q2*+1;/p-2. The van der Waals surface area contributed by atoms with Crippen LogP contribution in [0.15, 0.2) is 0 Å². The molecule has 0 atom stereocenters. The lowest BCUT2D eigenvalue weighted by Crippen LogP contribution is -2.50. The van der Waals surface area contributed by atoms with E-state index in [0.717, 1.165) is 0 Å². The zero-order chi connectivity index (χ0) is 32.8. The van der Waals surface area contributed by atoms with Gasteiger partial charge in [0, 0.05) is 6.42 Å². The number of alkyl halides is 3. The summed E-state index contributed by atoms with van der Waals surface area (Å²) in [7, 11) is -11.2. The maximum Gasteiger partial charge on any atom is 0.389 e. The molecule has 0 bridgehead atoms. The Kier molecular flexibility index (Phi) is 25.2. The van der Waals surface area contributed by atoms with Crippen LogP contribution in [0.5, 0.6) is 0 Å². The van der Waals surface area contributed by atoms with Crippen molar-refractivity contribution in [1.82, 2.24) is 0 Å². The van der Waals surface area contributed by atoms with Crippen LogP contribution >= 0.6 is 0 Å². The molecule has 0 aliphatic rings. The zero-order valence-electron chi connectivity index (χ0n) is 27.1. The molecule has 0 fully saturated rings. The van der Waals surface area contributed by atoms with Crippen LogP contribution in [0.3, 0.4) is 0 Å². The van der Waals surface area contributed by atoms with Gasteiger partial charge in [0.05, 0.1) is 52.4 Å². The molecule has 0 aliphatic carbocycles. The quantitative estimate of drug-likeness (QED) is 0.109. The smallest absolute Gasteiger partial charge is 0.389 e. The highest BCUT2D eigenvalue weighted by Gasteiger charge is 2.33. The predicted molar refractivity (Wildman–Crippen MR) is 160 cm³/mol. The topological polar surface area (TPSA) is 114 Å². The lowest BCUT2D eigenvalue weighted by atomic mass is 10.1. The molecule has 13 heteroatoms. The van der Waals surface area contributed by atoms with Gasteiger partial charge in [0.2, 0.25) is 0 Å². The Labute approximate surface area is 250 Å². The highest BCUT2D eigenvalue weighted by Crippen LogP contribution is 2.25. The van der Waals surface area contributed by atoms with Crippen molar-refractivity contribution in [2.75, 3.05) is 52.4 Å². The first-order chi connectivity index (χ1) is 18.8. The lowest BCUT2D eigenvalue weighted by Gasteiger charge is -2.39. The van der Waals surface area contributed by atoms with Crippen molar-refractivity contribution in [3.63, 3.8) is 0 Å². The van der Waals surface area contributed by atoms with Gasteiger partial charge in [-0.2, -0.15) is 13.2 Å². The fourth-order valence-electron chi connectivity index (χ4n) is 4.70. The monoisotopic (exact) mass is 642 g/mol. The second-order valence-electron chi connectivity index (χ2n) is 10.8. The van der Waals surface area contributed by atoms with E-state index in [1.165, 1.54) is 113 Å². The predicted octanol–water partition coefficient (Wildman–Crippen LogP) is 6.63. The third kappa shape index (κ3) is 22.7. The number of quaternary nitrogens is 2. The van der Waals surface area contributed by atoms with E-state index in [1.807, 2.05) is 0 Å². The van der Waals surface area contributed by atoms with E-state index in [-0.39, 0.29) is 0 Å².